The zero-order valence-electron chi connectivity index (χ0n) is 13.3. The van der Waals surface area contributed by atoms with E-state index in [0.29, 0.717) is 11.4 Å². The van der Waals surface area contributed by atoms with Crippen LogP contribution in [0.5, 0.6) is 0 Å². The molecule has 0 saturated heterocycles. The number of sulfonamides is 1. The lowest BCUT2D eigenvalue weighted by atomic mass is 9.83. The number of hydrogen-bond acceptors (Lipinski definition) is 3. The lowest BCUT2D eigenvalue weighted by Gasteiger charge is -2.24. The minimum absolute atomic E-state index is 0.166. The summed E-state index contributed by atoms with van der Waals surface area (Å²) in [5.41, 5.74) is 1.14. The summed E-state index contributed by atoms with van der Waals surface area (Å²) in [5, 5.41) is 2.83. The van der Waals surface area contributed by atoms with Gasteiger partial charge in [-0.2, -0.15) is 0 Å². The van der Waals surface area contributed by atoms with Crippen LogP contribution in [-0.2, 0) is 20.2 Å². The van der Waals surface area contributed by atoms with Crippen LogP contribution in [0, 0.1) is 0 Å². The van der Waals surface area contributed by atoms with Crippen LogP contribution in [0.15, 0.2) is 54.6 Å². The molecule has 0 aliphatic heterocycles. The van der Waals surface area contributed by atoms with Crippen LogP contribution < -0.4 is 10.0 Å². The van der Waals surface area contributed by atoms with Gasteiger partial charge in [-0.3, -0.25) is 9.52 Å². The third kappa shape index (κ3) is 4.56. The van der Waals surface area contributed by atoms with Gasteiger partial charge in [0, 0.05) is 5.69 Å². The Bertz CT molecular complexity index is 800. The van der Waals surface area contributed by atoms with Gasteiger partial charge in [0.25, 0.3) is 0 Å². The van der Waals surface area contributed by atoms with E-state index < -0.39 is 15.4 Å². The Morgan fingerprint density at radius 2 is 1.57 bits per heavy atom. The van der Waals surface area contributed by atoms with E-state index in [-0.39, 0.29) is 5.91 Å². The lowest BCUT2D eigenvalue weighted by Crippen LogP contribution is -2.34. The first-order valence-corrected chi connectivity index (χ1v) is 9.02. The molecule has 0 radical (unpaired) electrons. The van der Waals surface area contributed by atoms with E-state index in [4.69, 9.17) is 0 Å². The summed E-state index contributed by atoms with van der Waals surface area (Å²) in [6.07, 6.45) is 1.08. The molecule has 0 aromatic heterocycles. The van der Waals surface area contributed by atoms with Crippen molar-refractivity contribution in [3.63, 3.8) is 0 Å². The molecule has 0 atom stereocenters. The summed E-state index contributed by atoms with van der Waals surface area (Å²) in [7, 11) is -3.36. The second kappa shape index (κ2) is 6.42. The Hall–Kier alpha value is -2.34. The van der Waals surface area contributed by atoms with Crippen molar-refractivity contribution in [2.75, 3.05) is 16.3 Å². The van der Waals surface area contributed by atoms with Crippen molar-refractivity contribution >= 4 is 27.3 Å². The third-order valence-corrected chi connectivity index (χ3v) is 4.09. The van der Waals surface area contributed by atoms with Gasteiger partial charge in [-0.25, -0.2) is 8.42 Å². The minimum Gasteiger partial charge on any atom is -0.325 e. The summed E-state index contributed by atoms with van der Waals surface area (Å²) in [6.45, 7) is 3.69. The van der Waals surface area contributed by atoms with Crippen LogP contribution in [-0.4, -0.2) is 20.6 Å². The molecule has 0 heterocycles. The number of benzene rings is 2. The molecule has 23 heavy (non-hydrogen) atoms. The van der Waals surface area contributed by atoms with Gasteiger partial charge in [-0.1, -0.05) is 36.4 Å². The highest BCUT2D eigenvalue weighted by molar-refractivity contribution is 7.92. The quantitative estimate of drug-likeness (QED) is 0.884. The van der Waals surface area contributed by atoms with Crippen molar-refractivity contribution in [1.82, 2.24) is 0 Å². The standard InChI is InChI=1S/C17H20N2O3S/c1-17(2,13-8-5-4-6-9-13)16(20)18-14-10-7-11-15(12-14)19-23(3,21)22/h4-12,19H,1-3H3,(H,18,20). The van der Waals surface area contributed by atoms with Crippen molar-refractivity contribution in [2.24, 2.45) is 0 Å². The maximum Gasteiger partial charge on any atom is 0.234 e. The normalized spacial score (nSPS) is 11.8. The molecule has 1 amide bonds. The van der Waals surface area contributed by atoms with Gasteiger partial charge in [0.2, 0.25) is 15.9 Å². The molecule has 6 heteroatoms. The maximum atomic E-state index is 12.6. The number of anilines is 2. The molecule has 0 bridgehead atoms. The fraction of sp³-hybridized carbons (Fsp3) is 0.235. The first-order valence-electron chi connectivity index (χ1n) is 7.13. The molecule has 0 spiro atoms. The Kier molecular flexibility index (Phi) is 4.75. The van der Waals surface area contributed by atoms with Crippen LogP contribution in [0.25, 0.3) is 0 Å². The van der Waals surface area contributed by atoms with Crippen molar-refractivity contribution < 1.29 is 13.2 Å². The second-order valence-corrected chi connectivity index (χ2v) is 7.65. The molecule has 0 fully saturated rings. The number of amides is 1. The fourth-order valence-electron chi connectivity index (χ4n) is 2.15. The number of nitrogens with one attached hydrogen (secondary N) is 2. The van der Waals surface area contributed by atoms with Crippen LogP contribution >= 0.6 is 0 Å². The van der Waals surface area contributed by atoms with Crippen LogP contribution in [0.1, 0.15) is 19.4 Å². The summed E-state index contributed by atoms with van der Waals surface area (Å²) >= 11 is 0. The van der Waals surface area contributed by atoms with Gasteiger partial charge in [0.05, 0.1) is 17.4 Å². The average molecular weight is 332 g/mol. The molecule has 2 aromatic rings. The van der Waals surface area contributed by atoms with Gasteiger partial charge < -0.3 is 5.32 Å². The summed E-state index contributed by atoms with van der Waals surface area (Å²) in [6, 6.07) is 16.1. The van der Waals surface area contributed by atoms with Crippen molar-refractivity contribution in [2.45, 2.75) is 19.3 Å². The monoisotopic (exact) mass is 332 g/mol. The highest BCUT2D eigenvalue weighted by atomic mass is 32.2. The fourth-order valence-corrected chi connectivity index (χ4v) is 2.70. The number of carbonyl (C=O) groups excluding carboxylic acids is 1. The highest BCUT2D eigenvalue weighted by Crippen LogP contribution is 2.25. The van der Waals surface area contributed by atoms with E-state index in [1.54, 1.807) is 24.3 Å². The molecule has 2 aromatic carbocycles. The zero-order valence-corrected chi connectivity index (χ0v) is 14.1. The molecule has 0 aliphatic carbocycles. The first-order chi connectivity index (χ1) is 10.7. The van der Waals surface area contributed by atoms with Crippen molar-refractivity contribution in [3.8, 4) is 0 Å². The molecule has 122 valence electrons. The minimum atomic E-state index is -3.36. The molecule has 0 unspecified atom stereocenters. The lowest BCUT2D eigenvalue weighted by molar-refractivity contribution is -0.120. The van der Waals surface area contributed by atoms with Crippen molar-refractivity contribution in [1.29, 1.82) is 0 Å². The van der Waals surface area contributed by atoms with Gasteiger partial charge in [-0.15, -0.1) is 0 Å². The smallest absolute Gasteiger partial charge is 0.234 e. The van der Waals surface area contributed by atoms with E-state index >= 15 is 0 Å². The van der Waals surface area contributed by atoms with Gasteiger partial charge >= 0.3 is 0 Å². The van der Waals surface area contributed by atoms with Crippen LogP contribution in [0.2, 0.25) is 0 Å². The maximum absolute atomic E-state index is 12.6. The van der Waals surface area contributed by atoms with Gasteiger partial charge in [0.1, 0.15) is 0 Å². The summed E-state index contributed by atoms with van der Waals surface area (Å²) < 4.78 is 24.9. The zero-order chi connectivity index (χ0) is 17.1. The number of rotatable bonds is 5. The van der Waals surface area contributed by atoms with Crippen LogP contribution in [0.4, 0.5) is 11.4 Å². The summed E-state index contributed by atoms with van der Waals surface area (Å²) in [5.74, 6) is -0.166. The average Bonchev–Trinajstić information content (AvgIpc) is 2.46. The van der Waals surface area contributed by atoms with E-state index in [1.807, 2.05) is 44.2 Å². The predicted molar refractivity (Wildman–Crippen MR) is 93.0 cm³/mol. The number of hydrogen-bond donors (Lipinski definition) is 2. The van der Waals surface area contributed by atoms with Gasteiger partial charge in [-0.05, 0) is 37.6 Å². The molecule has 2 rings (SSSR count). The summed E-state index contributed by atoms with van der Waals surface area (Å²) in [4.78, 5) is 12.6. The topological polar surface area (TPSA) is 75.3 Å². The highest BCUT2D eigenvalue weighted by Gasteiger charge is 2.29. The molecular weight excluding hydrogens is 312 g/mol. The van der Waals surface area contributed by atoms with E-state index in [9.17, 15) is 13.2 Å². The Balaban J connectivity index is 2.19. The van der Waals surface area contributed by atoms with E-state index in [2.05, 4.69) is 10.0 Å². The largest absolute Gasteiger partial charge is 0.325 e. The molecule has 0 aliphatic rings. The number of carbonyl (C=O) groups is 1. The Morgan fingerprint density at radius 3 is 2.17 bits per heavy atom. The molecular formula is C17H20N2O3S. The van der Waals surface area contributed by atoms with Gasteiger partial charge in [0.15, 0.2) is 0 Å². The van der Waals surface area contributed by atoms with E-state index in [1.165, 1.54) is 0 Å². The SMILES string of the molecule is CC(C)(C(=O)Nc1cccc(NS(C)(=O)=O)c1)c1ccccc1. The van der Waals surface area contributed by atoms with E-state index in [0.717, 1.165) is 11.8 Å². The molecule has 2 N–H and O–H groups in total. The van der Waals surface area contributed by atoms with Crippen molar-refractivity contribution in [3.05, 3.63) is 60.2 Å². The molecule has 0 saturated carbocycles. The second-order valence-electron chi connectivity index (χ2n) is 5.90. The Morgan fingerprint density at radius 1 is 0.957 bits per heavy atom. The third-order valence-electron chi connectivity index (χ3n) is 3.49. The first kappa shape index (κ1) is 17.0. The van der Waals surface area contributed by atoms with Crippen LogP contribution in [0.3, 0.4) is 0 Å². The molecule has 5 nitrogen and oxygen atoms in total. The predicted octanol–water partition coefficient (Wildman–Crippen LogP) is 2.97. The Labute approximate surface area is 136 Å².